The first-order chi connectivity index (χ1) is 6.63. The van der Waals surface area contributed by atoms with Crippen molar-refractivity contribution in [2.75, 3.05) is 0 Å². The summed E-state index contributed by atoms with van der Waals surface area (Å²) < 4.78 is 0. The summed E-state index contributed by atoms with van der Waals surface area (Å²) in [4.78, 5) is 10.4. The maximum Gasteiger partial charge on any atom is 0.320 e. The Bertz CT molecular complexity index is 370. The van der Waals surface area contributed by atoms with E-state index in [-0.39, 0.29) is 18.8 Å². The molecule has 1 rings (SSSR count). The molecular formula is C10H11ClN2O2. The molecule has 0 spiro atoms. The van der Waals surface area contributed by atoms with Gasteiger partial charge in [0, 0.05) is 0 Å². The Kier molecular flexibility index (Phi) is 5.39. The Morgan fingerprint density at radius 3 is 2.40 bits per heavy atom. The number of aliphatic carboxylic acids is 1. The second kappa shape index (κ2) is 6.02. The van der Waals surface area contributed by atoms with E-state index in [1.807, 2.05) is 6.07 Å². The second-order valence-corrected chi connectivity index (χ2v) is 2.96. The lowest BCUT2D eigenvalue weighted by molar-refractivity contribution is -0.138. The topological polar surface area (TPSA) is 87.1 Å². The molecule has 0 saturated heterocycles. The monoisotopic (exact) mass is 226 g/mol. The number of nitrogens with two attached hydrogens (primary N) is 1. The predicted molar refractivity (Wildman–Crippen MR) is 57.7 cm³/mol. The fourth-order valence-corrected chi connectivity index (χ4v) is 1.06. The van der Waals surface area contributed by atoms with Crippen LogP contribution >= 0.6 is 12.4 Å². The van der Waals surface area contributed by atoms with Gasteiger partial charge in [0.15, 0.2) is 0 Å². The number of halogens is 1. The van der Waals surface area contributed by atoms with Crippen LogP contribution in [0.1, 0.15) is 11.1 Å². The summed E-state index contributed by atoms with van der Waals surface area (Å²) in [7, 11) is 0. The van der Waals surface area contributed by atoms with Gasteiger partial charge in [-0.05, 0) is 24.1 Å². The van der Waals surface area contributed by atoms with Gasteiger partial charge in [0.1, 0.15) is 6.04 Å². The minimum absolute atomic E-state index is 0. The number of hydrogen-bond acceptors (Lipinski definition) is 3. The average Bonchev–Trinajstić information content (AvgIpc) is 2.19. The largest absolute Gasteiger partial charge is 0.480 e. The quantitative estimate of drug-likeness (QED) is 0.803. The summed E-state index contributed by atoms with van der Waals surface area (Å²) in [5.41, 5.74) is 6.73. The van der Waals surface area contributed by atoms with Crippen LogP contribution in [0.3, 0.4) is 0 Å². The van der Waals surface area contributed by atoms with E-state index in [1.165, 1.54) is 0 Å². The number of hydrogen-bond donors (Lipinski definition) is 2. The number of carboxylic acid groups (broad SMARTS) is 1. The zero-order chi connectivity index (χ0) is 10.6. The van der Waals surface area contributed by atoms with Gasteiger partial charge in [-0.2, -0.15) is 5.26 Å². The van der Waals surface area contributed by atoms with Crippen molar-refractivity contribution in [1.29, 1.82) is 5.26 Å². The van der Waals surface area contributed by atoms with Gasteiger partial charge in [-0.15, -0.1) is 12.4 Å². The average molecular weight is 227 g/mol. The molecule has 15 heavy (non-hydrogen) atoms. The molecule has 5 heteroatoms. The zero-order valence-corrected chi connectivity index (χ0v) is 8.70. The van der Waals surface area contributed by atoms with Crippen LogP contribution in [0.4, 0.5) is 0 Å². The maximum absolute atomic E-state index is 10.4. The van der Waals surface area contributed by atoms with Gasteiger partial charge in [-0.1, -0.05) is 12.1 Å². The molecule has 80 valence electrons. The van der Waals surface area contributed by atoms with Gasteiger partial charge in [0.2, 0.25) is 0 Å². The molecule has 0 saturated carbocycles. The zero-order valence-electron chi connectivity index (χ0n) is 7.88. The van der Waals surface area contributed by atoms with Crippen LogP contribution in [0.15, 0.2) is 24.3 Å². The fourth-order valence-electron chi connectivity index (χ4n) is 1.06. The minimum atomic E-state index is -1.02. The van der Waals surface area contributed by atoms with E-state index < -0.39 is 12.0 Å². The fraction of sp³-hybridized carbons (Fsp3) is 0.200. The molecule has 3 N–H and O–H groups in total. The lowest BCUT2D eigenvalue weighted by atomic mass is 10.1. The van der Waals surface area contributed by atoms with Crippen LogP contribution in [0.5, 0.6) is 0 Å². The summed E-state index contributed by atoms with van der Waals surface area (Å²) in [5, 5.41) is 17.1. The van der Waals surface area contributed by atoms with Crippen LogP contribution < -0.4 is 5.73 Å². The van der Waals surface area contributed by atoms with E-state index in [0.29, 0.717) is 5.56 Å². The van der Waals surface area contributed by atoms with Gasteiger partial charge >= 0.3 is 5.97 Å². The third-order valence-electron chi connectivity index (χ3n) is 1.86. The van der Waals surface area contributed by atoms with E-state index >= 15 is 0 Å². The van der Waals surface area contributed by atoms with Crippen molar-refractivity contribution < 1.29 is 9.90 Å². The molecule has 0 aliphatic carbocycles. The number of nitrogens with zero attached hydrogens (tertiary/aromatic N) is 1. The summed E-state index contributed by atoms with van der Waals surface area (Å²) in [5.74, 6) is -1.02. The summed E-state index contributed by atoms with van der Waals surface area (Å²) in [6, 6.07) is 7.80. The van der Waals surface area contributed by atoms with Crippen molar-refractivity contribution in [1.82, 2.24) is 0 Å². The van der Waals surface area contributed by atoms with Gasteiger partial charge in [0.25, 0.3) is 0 Å². The van der Waals surface area contributed by atoms with Crippen LogP contribution in [-0.2, 0) is 11.2 Å². The highest BCUT2D eigenvalue weighted by molar-refractivity contribution is 5.85. The van der Waals surface area contributed by atoms with Crippen molar-refractivity contribution in [3.63, 3.8) is 0 Å². The number of carbonyl (C=O) groups is 1. The molecule has 0 aliphatic rings. The van der Waals surface area contributed by atoms with E-state index in [2.05, 4.69) is 0 Å². The smallest absolute Gasteiger partial charge is 0.320 e. The Labute approximate surface area is 93.7 Å². The molecule has 1 atom stereocenters. The lowest BCUT2D eigenvalue weighted by Gasteiger charge is -2.05. The third-order valence-corrected chi connectivity index (χ3v) is 1.86. The molecule has 0 aliphatic heterocycles. The van der Waals surface area contributed by atoms with Crippen molar-refractivity contribution in [2.24, 2.45) is 5.73 Å². The van der Waals surface area contributed by atoms with E-state index in [0.717, 1.165) is 5.56 Å². The highest BCUT2D eigenvalue weighted by atomic mass is 35.5. The molecular weight excluding hydrogens is 216 g/mol. The third kappa shape index (κ3) is 3.98. The van der Waals surface area contributed by atoms with Crippen LogP contribution in [0.25, 0.3) is 0 Å². The van der Waals surface area contributed by atoms with Gasteiger partial charge in [-0.3, -0.25) is 4.79 Å². The molecule has 0 aromatic heterocycles. The first-order valence-corrected chi connectivity index (χ1v) is 4.11. The predicted octanol–water partition coefficient (Wildman–Crippen LogP) is 0.934. The standard InChI is InChI=1S/C10H10N2O2.ClH/c11-6-8-3-1-7(2-4-8)5-9(12)10(13)14;/h1-4,9H,5,12H2,(H,13,14);1H/t9-;/m0./s1. The number of rotatable bonds is 3. The van der Waals surface area contributed by atoms with Gasteiger partial charge in [-0.25, -0.2) is 0 Å². The van der Waals surface area contributed by atoms with Crippen molar-refractivity contribution in [3.8, 4) is 6.07 Å². The van der Waals surface area contributed by atoms with Crippen LogP contribution in [-0.4, -0.2) is 17.1 Å². The minimum Gasteiger partial charge on any atom is -0.480 e. The summed E-state index contributed by atoms with van der Waals surface area (Å²) >= 11 is 0. The molecule has 0 radical (unpaired) electrons. The van der Waals surface area contributed by atoms with Crippen molar-refractivity contribution in [2.45, 2.75) is 12.5 Å². The highest BCUT2D eigenvalue weighted by Crippen LogP contribution is 2.05. The normalized spacial score (nSPS) is 10.9. The molecule has 0 amide bonds. The van der Waals surface area contributed by atoms with Gasteiger partial charge in [0.05, 0.1) is 11.6 Å². The van der Waals surface area contributed by atoms with E-state index in [9.17, 15) is 4.79 Å². The molecule has 0 fully saturated rings. The van der Waals surface area contributed by atoms with Crippen molar-refractivity contribution in [3.05, 3.63) is 35.4 Å². The first-order valence-electron chi connectivity index (χ1n) is 4.11. The first kappa shape index (κ1) is 13.4. The van der Waals surface area contributed by atoms with Gasteiger partial charge < -0.3 is 10.8 Å². The second-order valence-electron chi connectivity index (χ2n) is 2.96. The summed E-state index contributed by atoms with van der Waals surface area (Å²) in [6.45, 7) is 0. The maximum atomic E-state index is 10.4. The lowest BCUT2D eigenvalue weighted by Crippen LogP contribution is -2.32. The number of benzene rings is 1. The molecule has 0 heterocycles. The number of carboxylic acids is 1. The SMILES string of the molecule is Cl.N#Cc1ccc(C[C@H](N)C(=O)O)cc1. The van der Waals surface area contributed by atoms with Crippen LogP contribution in [0, 0.1) is 11.3 Å². The Morgan fingerprint density at radius 1 is 1.47 bits per heavy atom. The molecule has 1 aromatic rings. The molecule has 0 bridgehead atoms. The van der Waals surface area contributed by atoms with Crippen molar-refractivity contribution >= 4 is 18.4 Å². The van der Waals surface area contributed by atoms with E-state index in [1.54, 1.807) is 24.3 Å². The highest BCUT2D eigenvalue weighted by Gasteiger charge is 2.11. The number of nitriles is 1. The molecule has 1 aromatic carbocycles. The Balaban J connectivity index is 0.00000196. The Hall–Kier alpha value is -1.57. The van der Waals surface area contributed by atoms with E-state index in [4.69, 9.17) is 16.1 Å². The summed E-state index contributed by atoms with van der Waals surface area (Å²) in [6.07, 6.45) is 0.279. The Morgan fingerprint density at radius 2 is 2.00 bits per heavy atom. The van der Waals surface area contributed by atoms with Crippen LogP contribution in [0.2, 0.25) is 0 Å². The molecule has 0 unspecified atom stereocenters. The molecule has 4 nitrogen and oxygen atoms in total.